The molecule has 1 aliphatic carbocycles. The highest BCUT2D eigenvalue weighted by Gasteiger charge is 2.25. The summed E-state index contributed by atoms with van der Waals surface area (Å²) in [5.74, 6) is 0.642. The molecule has 20 heavy (non-hydrogen) atoms. The third-order valence-corrected chi connectivity index (χ3v) is 4.88. The van der Waals surface area contributed by atoms with Crippen LogP contribution in [0, 0.1) is 0 Å². The van der Waals surface area contributed by atoms with Crippen LogP contribution in [0.3, 0.4) is 0 Å². The maximum absolute atomic E-state index is 6.30. The minimum Gasteiger partial charge on any atom is -0.310 e. The minimum atomic E-state index is 0.267. The second kappa shape index (κ2) is 5.88. The molecule has 2 atom stereocenters. The van der Waals surface area contributed by atoms with E-state index in [1.54, 1.807) is 0 Å². The molecule has 3 rings (SSSR count). The summed E-state index contributed by atoms with van der Waals surface area (Å²) in [6.45, 7) is 3.17. The minimum absolute atomic E-state index is 0.267. The first-order chi connectivity index (χ1) is 9.65. The normalized spacial score (nSPS) is 18.2. The van der Waals surface area contributed by atoms with Crippen LogP contribution in [0.1, 0.15) is 35.6 Å². The lowest BCUT2D eigenvalue weighted by Gasteiger charge is -2.31. The molecule has 0 radical (unpaired) electrons. The van der Waals surface area contributed by atoms with E-state index in [0.29, 0.717) is 5.92 Å². The van der Waals surface area contributed by atoms with Gasteiger partial charge < -0.3 is 5.32 Å². The Morgan fingerprint density at radius 1 is 1.30 bits per heavy atom. The van der Waals surface area contributed by atoms with Gasteiger partial charge in [0.25, 0.3) is 0 Å². The molecule has 0 saturated carbocycles. The van der Waals surface area contributed by atoms with Crippen LogP contribution in [0.5, 0.6) is 0 Å². The lowest BCUT2D eigenvalue weighted by Crippen LogP contribution is -2.30. The van der Waals surface area contributed by atoms with Crippen molar-refractivity contribution < 1.29 is 0 Å². The molecule has 104 valence electrons. The van der Waals surface area contributed by atoms with Crippen molar-refractivity contribution in [3.8, 4) is 0 Å². The zero-order valence-electron chi connectivity index (χ0n) is 11.4. The van der Waals surface area contributed by atoms with E-state index < -0.39 is 0 Å². The van der Waals surface area contributed by atoms with E-state index in [1.165, 1.54) is 17.5 Å². The summed E-state index contributed by atoms with van der Waals surface area (Å²) in [7, 11) is 0. The molecule has 0 spiro atoms. The van der Waals surface area contributed by atoms with Crippen molar-refractivity contribution >= 4 is 27.5 Å². The topological polar surface area (TPSA) is 12.0 Å². The largest absolute Gasteiger partial charge is 0.310 e. The maximum Gasteiger partial charge on any atom is 0.0464 e. The van der Waals surface area contributed by atoms with Crippen LogP contribution in [-0.2, 0) is 6.42 Å². The van der Waals surface area contributed by atoms with Crippen LogP contribution in [0.4, 0.5) is 0 Å². The molecule has 2 aromatic carbocycles. The Kier molecular flexibility index (Phi) is 4.16. The first-order valence-electron chi connectivity index (χ1n) is 6.91. The van der Waals surface area contributed by atoms with Crippen molar-refractivity contribution in [3.05, 3.63) is 68.7 Å². The van der Waals surface area contributed by atoms with Crippen LogP contribution in [0.2, 0.25) is 5.02 Å². The number of halogens is 2. The number of hydrogen-bond acceptors (Lipinski definition) is 1. The molecule has 1 aliphatic rings. The summed E-state index contributed by atoms with van der Waals surface area (Å²) in [6, 6.07) is 15.0. The highest BCUT2D eigenvalue weighted by Crippen LogP contribution is 2.35. The first-order valence-corrected chi connectivity index (χ1v) is 8.08. The lowest BCUT2D eigenvalue weighted by atomic mass is 9.77. The summed E-state index contributed by atoms with van der Waals surface area (Å²) in [6.07, 6.45) is 1.18. The smallest absolute Gasteiger partial charge is 0.0464 e. The Hall–Kier alpha value is -0.830. The quantitative estimate of drug-likeness (QED) is 0.809. The second-order valence-corrected chi connectivity index (χ2v) is 6.72. The molecule has 0 aromatic heterocycles. The third-order valence-electron chi connectivity index (χ3n) is 4.06. The van der Waals surface area contributed by atoms with Gasteiger partial charge in [-0.1, -0.05) is 57.9 Å². The number of rotatable bonds is 4. The molecule has 0 heterocycles. The molecule has 1 nitrogen and oxygen atoms in total. The summed E-state index contributed by atoms with van der Waals surface area (Å²) < 4.78 is 1.02. The van der Waals surface area contributed by atoms with Gasteiger partial charge in [0.1, 0.15) is 0 Å². The van der Waals surface area contributed by atoms with Crippen LogP contribution < -0.4 is 5.32 Å². The highest BCUT2D eigenvalue weighted by molar-refractivity contribution is 9.10. The van der Waals surface area contributed by atoms with Gasteiger partial charge in [0.15, 0.2) is 0 Å². The van der Waals surface area contributed by atoms with Crippen molar-refractivity contribution in [2.24, 2.45) is 0 Å². The number of nitrogens with one attached hydrogen (secondary N) is 1. The van der Waals surface area contributed by atoms with E-state index >= 15 is 0 Å². The van der Waals surface area contributed by atoms with E-state index in [1.807, 2.05) is 12.1 Å². The molecular formula is C17H17BrClN. The maximum atomic E-state index is 6.30. The monoisotopic (exact) mass is 349 g/mol. The average molecular weight is 351 g/mol. The van der Waals surface area contributed by atoms with Gasteiger partial charge >= 0.3 is 0 Å². The SMILES string of the molecule is CC(NCC1Cc2ccccc21)c1ccc(Br)cc1Cl. The van der Waals surface area contributed by atoms with E-state index in [0.717, 1.165) is 21.6 Å². The fourth-order valence-corrected chi connectivity index (χ4v) is 3.66. The van der Waals surface area contributed by atoms with Crippen molar-refractivity contribution in [1.29, 1.82) is 0 Å². The summed E-state index contributed by atoms with van der Waals surface area (Å²) in [4.78, 5) is 0. The fourth-order valence-electron chi connectivity index (χ4n) is 2.83. The predicted molar refractivity (Wildman–Crippen MR) is 88.5 cm³/mol. The summed E-state index contributed by atoms with van der Waals surface area (Å²) in [5, 5.41) is 4.42. The average Bonchev–Trinajstić information content (AvgIpc) is 2.39. The lowest BCUT2D eigenvalue weighted by molar-refractivity contribution is 0.489. The van der Waals surface area contributed by atoms with Gasteiger partial charge in [-0.3, -0.25) is 0 Å². The molecular weight excluding hydrogens is 334 g/mol. The Morgan fingerprint density at radius 3 is 2.85 bits per heavy atom. The zero-order valence-corrected chi connectivity index (χ0v) is 13.7. The summed E-state index contributed by atoms with van der Waals surface area (Å²) >= 11 is 9.74. The second-order valence-electron chi connectivity index (χ2n) is 5.40. The number of fused-ring (bicyclic) bond motifs is 1. The van der Waals surface area contributed by atoms with Crippen LogP contribution >= 0.6 is 27.5 Å². The molecule has 2 unspecified atom stereocenters. The Bertz CT molecular complexity index is 626. The van der Waals surface area contributed by atoms with Crippen molar-refractivity contribution in [3.63, 3.8) is 0 Å². The molecule has 0 saturated heterocycles. The molecule has 1 N–H and O–H groups in total. The molecule has 0 bridgehead atoms. The third kappa shape index (κ3) is 2.78. The highest BCUT2D eigenvalue weighted by atomic mass is 79.9. The van der Waals surface area contributed by atoms with Crippen LogP contribution in [0.15, 0.2) is 46.9 Å². The van der Waals surface area contributed by atoms with Crippen LogP contribution in [0.25, 0.3) is 0 Å². The van der Waals surface area contributed by atoms with E-state index in [-0.39, 0.29) is 6.04 Å². The molecule has 0 aliphatic heterocycles. The Labute approximate surface area is 133 Å². The van der Waals surface area contributed by atoms with E-state index in [2.05, 4.69) is 58.5 Å². The number of benzene rings is 2. The van der Waals surface area contributed by atoms with Gasteiger partial charge in [-0.25, -0.2) is 0 Å². The van der Waals surface area contributed by atoms with Gasteiger partial charge in [-0.05, 0) is 42.2 Å². The van der Waals surface area contributed by atoms with E-state index in [4.69, 9.17) is 11.6 Å². The molecule has 0 fully saturated rings. The molecule has 0 amide bonds. The van der Waals surface area contributed by atoms with Gasteiger partial charge in [0.2, 0.25) is 0 Å². The van der Waals surface area contributed by atoms with Crippen molar-refractivity contribution in [2.45, 2.75) is 25.3 Å². The summed E-state index contributed by atoms with van der Waals surface area (Å²) in [5.41, 5.74) is 4.14. The van der Waals surface area contributed by atoms with Crippen LogP contribution in [-0.4, -0.2) is 6.54 Å². The first kappa shape index (κ1) is 14.1. The van der Waals surface area contributed by atoms with Gasteiger partial charge in [-0.2, -0.15) is 0 Å². The van der Waals surface area contributed by atoms with E-state index in [9.17, 15) is 0 Å². The zero-order chi connectivity index (χ0) is 14.1. The standard InChI is InChI=1S/C17H17BrClN/c1-11(15-7-6-14(18)9-17(15)19)20-10-13-8-12-4-2-3-5-16(12)13/h2-7,9,11,13,20H,8,10H2,1H3. The van der Waals surface area contributed by atoms with Crippen molar-refractivity contribution in [1.82, 2.24) is 5.32 Å². The van der Waals surface area contributed by atoms with Crippen molar-refractivity contribution in [2.75, 3.05) is 6.54 Å². The molecule has 3 heteroatoms. The number of hydrogen-bond donors (Lipinski definition) is 1. The Balaban J connectivity index is 1.62. The predicted octanol–water partition coefficient (Wildman–Crippen LogP) is 5.09. The van der Waals surface area contributed by atoms with Gasteiger partial charge in [-0.15, -0.1) is 0 Å². The molecule has 2 aromatic rings. The van der Waals surface area contributed by atoms with Gasteiger partial charge in [0.05, 0.1) is 0 Å². The fraction of sp³-hybridized carbons (Fsp3) is 0.294. The van der Waals surface area contributed by atoms with Gasteiger partial charge in [0, 0.05) is 28.0 Å². The Morgan fingerprint density at radius 2 is 2.10 bits per heavy atom.